The monoisotopic (exact) mass is 601 g/mol. The van der Waals surface area contributed by atoms with Gasteiger partial charge < -0.3 is 9.47 Å². The highest BCUT2D eigenvalue weighted by Crippen LogP contribution is 2.37. The molecular weight excluding hydrogens is 581 g/mol. The van der Waals surface area contributed by atoms with Gasteiger partial charge in [-0.25, -0.2) is 9.37 Å². The van der Waals surface area contributed by atoms with Crippen LogP contribution >= 0.6 is 31.9 Å². The molecule has 3 aromatic carbocycles. The number of methoxy groups -OCH3 is 1. The van der Waals surface area contributed by atoms with Crippen LogP contribution in [0.4, 0.5) is 4.39 Å². The number of aromatic nitrogens is 2. The van der Waals surface area contributed by atoms with Crippen molar-refractivity contribution in [2.75, 3.05) is 7.11 Å². The molecule has 0 amide bonds. The molecule has 0 aliphatic carbocycles. The molecule has 0 aliphatic heterocycles. The highest BCUT2D eigenvalue weighted by atomic mass is 79.9. The van der Waals surface area contributed by atoms with Crippen LogP contribution in [0.1, 0.15) is 30.3 Å². The maximum atomic E-state index is 14.0. The number of fused-ring (bicyclic) bond motifs is 1. The molecule has 0 spiro atoms. The van der Waals surface area contributed by atoms with E-state index in [1.807, 2.05) is 19.1 Å². The Morgan fingerprint density at radius 2 is 1.94 bits per heavy atom. The van der Waals surface area contributed by atoms with Gasteiger partial charge in [0.1, 0.15) is 18.2 Å². The van der Waals surface area contributed by atoms with E-state index in [0.29, 0.717) is 50.2 Å². The Balaban J connectivity index is 1.68. The smallest absolute Gasteiger partial charge is 0.282 e. The summed E-state index contributed by atoms with van der Waals surface area (Å²) in [5, 5.41) is 4.94. The van der Waals surface area contributed by atoms with Crippen molar-refractivity contribution in [3.05, 3.63) is 96.7 Å². The van der Waals surface area contributed by atoms with Crippen LogP contribution in [0.3, 0.4) is 0 Å². The zero-order valence-electron chi connectivity index (χ0n) is 19.1. The minimum atomic E-state index is -0.337. The first-order chi connectivity index (χ1) is 16.9. The van der Waals surface area contributed by atoms with E-state index in [1.165, 1.54) is 17.9 Å². The van der Waals surface area contributed by atoms with E-state index < -0.39 is 0 Å². The molecule has 180 valence electrons. The molecule has 0 aliphatic rings. The molecule has 4 aromatic rings. The molecule has 0 atom stereocenters. The maximum absolute atomic E-state index is 14.0. The fraction of sp³-hybridized carbons (Fsp3) is 0.192. The van der Waals surface area contributed by atoms with Gasteiger partial charge in [0, 0.05) is 16.5 Å². The van der Waals surface area contributed by atoms with Crippen molar-refractivity contribution in [2.24, 2.45) is 5.10 Å². The lowest BCUT2D eigenvalue weighted by molar-refractivity contribution is 0.278. The van der Waals surface area contributed by atoms with Gasteiger partial charge in [0.05, 0.1) is 28.7 Å². The Bertz CT molecular complexity index is 1470. The summed E-state index contributed by atoms with van der Waals surface area (Å²) in [5.74, 6) is 1.13. The van der Waals surface area contributed by atoms with E-state index >= 15 is 0 Å². The summed E-state index contributed by atoms with van der Waals surface area (Å²) in [6, 6.07) is 15.4. The van der Waals surface area contributed by atoms with Crippen molar-refractivity contribution in [3.8, 4) is 11.5 Å². The quantitative estimate of drug-likeness (QED) is 0.216. The van der Waals surface area contributed by atoms with E-state index in [9.17, 15) is 9.18 Å². The van der Waals surface area contributed by atoms with Gasteiger partial charge in [-0.3, -0.25) is 4.79 Å². The zero-order chi connectivity index (χ0) is 24.9. The molecule has 1 heterocycles. The van der Waals surface area contributed by atoms with Gasteiger partial charge in [-0.05, 0) is 64.3 Å². The number of hydrogen-bond donors (Lipinski definition) is 0. The molecule has 6 nitrogen and oxygen atoms in total. The molecule has 9 heteroatoms. The van der Waals surface area contributed by atoms with Crippen molar-refractivity contribution < 1.29 is 13.9 Å². The normalized spacial score (nSPS) is 11.3. The molecular formula is C26H22Br2FN3O3. The van der Waals surface area contributed by atoms with Crippen molar-refractivity contribution in [3.63, 3.8) is 0 Å². The number of halogens is 3. The highest BCUT2D eigenvalue weighted by Gasteiger charge is 2.14. The topological polar surface area (TPSA) is 65.7 Å². The number of ether oxygens (including phenoxy) is 2. The standard InChI is InChI=1S/C26H22Br2FN3O3/c1-3-6-24-31-22-10-9-18(27)13-19(22)26(33)32(24)30-14-16-11-20(28)25(23(12-16)34-2)35-15-17-7-4-5-8-21(17)29/h4-5,7-14H,3,6,15H2,1-2H3. The van der Waals surface area contributed by atoms with Crippen molar-refractivity contribution >= 4 is 49.0 Å². The van der Waals surface area contributed by atoms with Crippen LogP contribution in [-0.4, -0.2) is 23.0 Å². The molecule has 35 heavy (non-hydrogen) atoms. The third-order valence-corrected chi connectivity index (χ3v) is 6.34. The summed E-state index contributed by atoms with van der Waals surface area (Å²) in [6.07, 6.45) is 2.99. The summed E-state index contributed by atoms with van der Waals surface area (Å²) in [4.78, 5) is 17.8. The van der Waals surface area contributed by atoms with Crippen molar-refractivity contribution in [1.29, 1.82) is 0 Å². The molecule has 0 unspecified atom stereocenters. The van der Waals surface area contributed by atoms with Gasteiger partial charge in [-0.15, -0.1) is 0 Å². The minimum absolute atomic E-state index is 0.0448. The zero-order valence-corrected chi connectivity index (χ0v) is 22.3. The first-order valence-electron chi connectivity index (χ1n) is 10.9. The predicted octanol–water partition coefficient (Wildman–Crippen LogP) is 6.48. The molecule has 1 aromatic heterocycles. The van der Waals surface area contributed by atoms with E-state index in [-0.39, 0.29) is 18.0 Å². The number of nitrogens with zero attached hydrogens (tertiary/aromatic N) is 3. The number of hydrogen-bond acceptors (Lipinski definition) is 5. The Labute approximate surface area is 218 Å². The average molecular weight is 603 g/mol. The molecule has 0 saturated heterocycles. The van der Waals surface area contributed by atoms with Crippen LogP contribution in [0.2, 0.25) is 0 Å². The summed E-state index contributed by atoms with van der Waals surface area (Å²) in [5.41, 5.74) is 1.50. The third kappa shape index (κ3) is 5.62. The number of aryl methyl sites for hydroxylation is 1. The molecule has 4 rings (SSSR count). The first-order valence-corrected chi connectivity index (χ1v) is 12.5. The van der Waals surface area contributed by atoms with Crippen LogP contribution in [0, 0.1) is 5.82 Å². The Kier molecular flexibility index (Phi) is 7.97. The van der Waals surface area contributed by atoms with E-state index in [4.69, 9.17) is 9.47 Å². The van der Waals surface area contributed by atoms with Gasteiger partial charge in [0.25, 0.3) is 5.56 Å². The second kappa shape index (κ2) is 11.1. The summed E-state index contributed by atoms with van der Waals surface area (Å²) in [7, 11) is 1.52. The Morgan fingerprint density at radius 1 is 1.14 bits per heavy atom. The van der Waals surface area contributed by atoms with Gasteiger partial charge in [-0.2, -0.15) is 9.78 Å². The van der Waals surface area contributed by atoms with E-state index in [0.717, 1.165) is 10.9 Å². The minimum Gasteiger partial charge on any atom is -0.493 e. The Hall–Kier alpha value is -3.04. The second-order valence-corrected chi connectivity index (χ2v) is 9.49. The fourth-order valence-corrected chi connectivity index (χ4v) is 4.48. The summed E-state index contributed by atoms with van der Waals surface area (Å²) in [6.45, 7) is 2.07. The van der Waals surface area contributed by atoms with Gasteiger partial charge in [0.15, 0.2) is 11.5 Å². The Morgan fingerprint density at radius 3 is 2.69 bits per heavy atom. The second-order valence-electron chi connectivity index (χ2n) is 7.72. The van der Waals surface area contributed by atoms with Gasteiger partial charge in [-0.1, -0.05) is 41.1 Å². The van der Waals surface area contributed by atoms with E-state index in [1.54, 1.807) is 42.6 Å². The lowest BCUT2D eigenvalue weighted by Gasteiger charge is -2.14. The largest absolute Gasteiger partial charge is 0.493 e. The van der Waals surface area contributed by atoms with Crippen LogP contribution in [0.15, 0.2) is 73.4 Å². The van der Waals surface area contributed by atoms with Crippen LogP contribution in [-0.2, 0) is 13.0 Å². The molecule has 0 saturated carbocycles. The number of benzene rings is 3. The first kappa shape index (κ1) is 25.1. The fourth-order valence-electron chi connectivity index (χ4n) is 3.54. The third-order valence-electron chi connectivity index (χ3n) is 5.25. The van der Waals surface area contributed by atoms with Crippen molar-refractivity contribution in [1.82, 2.24) is 9.66 Å². The van der Waals surface area contributed by atoms with Crippen molar-refractivity contribution in [2.45, 2.75) is 26.4 Å². The predicted molar refractivity (Wildman–Crippen MR) is 142 cm³/mol. The molecule has 0 bridgehead atoms. The molecule has 0 radical (unpaired) electrons. The molecule has 0 fully saturated rings. The van der Waals surface area contributed by atoms with Gasteiger partial charge in [0.2, 0.25) is 0 Å². The SMILES string of the molecule is CCCc1nc2ccc(Br)cc2c(=O)n1N=Cc1cc(Br)c(OCc2ccccc2F)c(OC)c1. The number of rotatable bonds is 8. The molecule has 0 N–H and O–H groups in total. The van der Waals surface area contributed by atoms with Crippen LogP contribution in [0.5, 0.6) is 11.5 Å². The summed E-state index contributed by atoms with van der Waals surface area (Å²) >= 11 is 6.92. The maximum Gasteiger partial charge on any atom is 0.282 e. The lowest BCUT2D eigenvalue weighted by Crippen LogP contribution is -2.22. The lowest BCUT2D eigenvalue weighted by atomic mass is 10.2. The summed E-state index contributed by atoms with van der Waals surface area (Å²) < 4.78 is 28.0. The van der Waals surface area contributed by atoms with Gasteiger partial charge >= 0.3 is 0 Å². The van der Waals surface area contributed by atoms with Crippen LogP contribution in [0.25, 0.3) is 10.9 Å². The highest BCUT2D eigenvalue weighted by molar-refractivity contribution is 9.10. The average Bonchev–Trinajstić information content (AvgIpc) is 2.84. The van der Waals surface area contributed by atoms with E-state index in [2.05, 4.69) is 41.9 Å². The van der Waals surface area contributed by atoms with Crippen LogP contribution < -0.4 is 15.0 Å².